The van der Waals surface area contributed by atoms with Crippen LogP contribution in [-0.4, -0.2) is 28.6 Å². The van der Waals surface area contributed by atoms with Gasteiger partial charge in [-0.1, -0.05) is 23.2 Å². The molecule has 138 valence electrons. The van der Waals surface area contributed by atoms with Crippen molar-refractivity contribution in [2.45, 2.75) is 19.8 Å². The number of hydrogen-bond donors (Lipinski definition) is 2. The largest absolute Gasteiger partial charge is 0.476 e. The fourth-order valence-corrected chi connectivity index (χ4v) is 2.82. The zero-order valence-electron chi connectivity index (χ0n) is 13.6. The number of carbonyl (C=O) groups excluding carboxylic acids is 1. The number of benzene rings is 1. The highest BCUT2D eigenvalue weighted by Crippen LogP contribution is 2.34. The Balaban J connectivity index is 2.66. The summed E-state index contributed by atoms with van der Waals surface area (Å²) in [5, 5.41) is 11.5. The summed E-state index contributed by atoms with van der Waals surface area (Å²) in [6.07, 6.45) is 0.165. The van der Waals surface area contributed by atoms with Gasteiger partial charge in [0.15, 0.2) is 5.69 Å². The number of aromatic carboxylic acids is 1. The van der Waals surface area contributed by atoms with E-state index in [1.807, 2.05) is 0 Å². The Hall–Kier alpha value is -2.25. The Kier molecular flexibility index (Phi) is 6.50. The Labute approximate surface area is 158 Å². The molecule has 0 fully saturated rings. The number of alkyl halides is 1. The third-order valence-corrected chi connectivity index (χ3v) is 4.23. The number of amides is 1. The molecule has 0 bridgehead atoms. The highest BCUT2D eigenvalue weighted by molar-refractivity contribution is 6.36. The second-order valence-electron chi connectivity index (χ2n) is 5.38. The van der Waals surface area contributed by atoms with Crippen LogP contribution in [0.25, 0.3) is 11.3 Å². The molecule has 1 aromatic carbocycles. The van der Waals surface area contributed by atoms with Crippen LogP contribution in [0.15, 0.2) is 18.2 Å². The molecule has 2 rings (SSSR count). The molecule has 5 nitrogen and oxygen atoms in total. The van der Waals surface area contributed by atoms with E-state index in [1.165, 1.54) is 25.1 Å². The van der Waals surface area contributed by atoms with Crippen LogP contribution in [0.1, 0.15) is 29.4 Å². The van der Waals surface area contributed by atoms with E-state index < -0.39 is 30.1 Å². The van der Waals surface area contributed by atoms with Gasteiger partial charge in [0.05, 0.1) is 23.1 Å². The van der Waals surface area contributed by atoms with Gasteiger partial charge in [-0.25, -0.2) is 14.2 Å². The summed E-state index contributed by atoms with van der Waals surface area (Å²) in [5.41, 5.74) is -0.523. The Morgan fingerprint density at radius 2 is 2.00 bits per heavy atom. The average molecular weight is 403 g/mol. The number of carbonyl (C=O) groups is 2. The SMILES string of the molecule is CC(=O)Nc1cc(-c2ccc(Cl)c(CCCF)c2F)nc(C(=O)O)c1Cl. The lowest BCUT2D eigenvalue weighted by molar-refractivity contribution is -0.114. The topological polar surface area (TPSA) is 79.3 Å². The highest BCUT2D eigenvalue weighted by Gasteiger charge is 2.21. The highest BCUT2D eigenvalue weighted by atomic mass is 35.5. The summed E-state index contributed by atoms with van der Waals surface area (Å²) in [5.74, 6) is -2.65. The number of hydrogen-bond acceptors (Lipinski definition) is 3. The van der Waals surface area contributed by atoms with Crippen molar-refractivity contribution < 1.29 is 23.5 Å². The maximum atomic E-state index is 14.9. The van der Waals surface area contributed by atoms with Crippen LogP contribution in [-0.2, 0) is 11.2 Å². The average Bonchev–Trinajstić information content (AvgIpc) is 2.56. The van der Waals surface area contributed by atoms with Crippen molar-refractivity contribution in [3.8, 4) is 11.3 Å². The summed E-state index contributed by atoms with van der Waals surface area (Å²) in [6, 6.07) is 4.01. The molecule has 0 radical (unpaired) electrons. The van der Waals surface area contributed by atoms with E-state index in [9.17, 15) is 23.5 Å². The first kappa shape index (κ1) is 20.1. The predicted molar refractivity (Wildman–Crippen MR) is 95.2 cm³/mol. The van der Waals surface area contributed by atoms with E-state index in [-0.39, 0.29) is 45.4 Å². The van der Waals surface area contributed by atoms with Crippen LogP contribution in [0.4, 0.5) is 14.5 Å². The fraction of sp³-hybridized carbons (Fsp3) is 0.235. The fourth-order valence-electron chi connectivity index (χ4n) is 2.36. The zero-order chi connectivity index (χ0) is 19.4. The summed E-state index contributed by atoms with van der Waals surface area (Å²) in [6.45, 7) is 0.587. The molecule has 1 amide bonds. The predicted octanol–water partition coefficient (Wildman–Crippen LogP) is 4.75. The zero-order valence-corrected chi connectivity index (χ0v) is 15.1. The maximum Gasteiger partial charge on any atom is 0.356 e. The van der Waals surface area contributed by atoms with Gasteiger partial charge in [-0.05, 0) is 31.0 Å². The van der Waals surface area contributed by atoms with E-state index in [1.54, 1.807) is 0 Å². The van der Waals surface area contributed by atoms with E-state index >= 15 is 0 Å². The van der Waals surface area contributed by atoms with E-state index in [0.29, 0.717) is 0 Å². The molecule has 0 atom stereocenters. The molecule has 0 aliphatic carbocycles. The van der Waals surface area contributed by atoms with Crippen molar-refractivity contribution in [3.63, 3.8) is 0 Å². The number of halogens is 4. The second kappa shape index (κ2) is 8.42. The van der Waals surface area contributed by atoms with Gasteiger partial charge < -0.3 is 10.4 Å². The van der Waals surface area contributed by atoms with Crippen molar-refractivity contribution in [3.05, 3.63) is 45.3 Å². The summed E-state index contributed by atoms with van der Waals surface area (Å²) < 4.78 is 27.3. The maximum absolute atomic E-state index is 14.9. The number of nitrogens with one attached hydrogen (secondary N) is 1. The Bertz CT molecular complexity index is 876. The van der Waals surface area contributed by atoms with E-state index in [4.69, 9.17) is 23.2 Å². The van der Waals surface area contributed by atoms with Gasteiger partial charge in [0.25, 0.3) is 0 Å². The number of rotatable bonds is 6. The quantitative estimate of drug-likeness (QED) is 0.730. The first-order valence-electron chi connectivity index (χ1n) is 7.50. The number of anilines is 1. The molecule has 9 heteroatoms. The van der Waals surface area contributed by atoms with Crippen LogP contribution in [0.5, 0.6) is 0 Å². The third-order valence-electron chi connectivity index (χ3n) is 3.49. The molecule has 0 aliphatic rings. The number of nitrogens with zero attached hydrogens (tertiary/aromatic N) is 1. The minimum atomic E-state index is -1.43. The molecule has 1 aromatic heterocycles. The molecule has 0 saturated heterocycles. The van der Waals surface area contributed by atoms with Gasteiger partial charge in [-0.15, -0.1) is 0 Å². The lowest BCUT2D eigenvalue weighted by Crippen LogP contribution is -2.11. The van der Waals surface area contributed by atoms with Crippen LogP contribution in [0.3, 0.4) is 0 Å². The molecule has 2 N–H and O–H groups in total. The number of carboxylic acid groups (broad SMARTS) is 1. The molecular formula is C17H14Cl2F2N2O3. The molecule has 0 spiro atoms. The van der Waals surface area contributed by atoms with Gasteiger partial charge in [0.1, 0.15) is 5.82 Å². The minimum absolute atomic E-state index is 0.0128. The van der Waals surface area contributed by atoms with Crippen LogP contribution < -0.4 is 5.32 Å². The number of pyridine rings is 1. The molecule has 1 heterocycles. The third kappa shape index (κ3) is 4.28. The first-order chi connectivity index (χ1) is 12.3. The normalized spacial score (nSPS) is 10.7. The van der Waals surface area contributed by atoms with Crippen LogP contribution in [0.2, 0.25) is 10.0 Å². The Morgan fingerprint density at radius 1 is 1.31 bits per heavy atom. The number of carboxylic acids is 1. The molecule has 0 saturated carbocycles. The lowest BCUT2D eigenvalue weighted by Gasteiger charge is -2.13. The standard InChI is InChI=1S/C17H14Cl2F2N2O3/c1-8(24)22-13-7-12(23-16(14(13)19)17(25)26)10-4-5-11(18)9(15(10)21)3-2-6-20/h4-5,7H,2-3,6H2,1H3,(H,25,26)(H,22,23,24). The molecule has 0 aliphatic heterocycles. The van der Waals surface area contributed by atoms with E-state index in [0.717, 1.165) is 0 Å². The van der Waals surface area contributed by atoms with Crippen LogP contribution in [0, 0.1) is 5.82 Å². The van der Waals surface area contributed by atoms with Crippen molar-refractivity contribution >= 4 is 40.8 Å². The summed E-state index contributed by atoms with van der Waals surface area (Å²) in [7, 11) is 0. The molecule has 26 heavy (non-hydrogen) atoms. The molecular weight excluding hydrogens is 389 g/mol. The lowest BCUT2D eigenvalue weighted by atomic mass is 10.0. The minimum Gasteiger partial charge on any atom is -0.476 e. The molecule has 2 aromatic rings. The van der Waals surface area contributed by atoms with Gasteiger partial charge >= 0.3 is 5.97 Å². The van der Waals surface area contributed by atoms with E-state index in [2.05, 4.69) is 10.3 Å². The van der Waals surface area contributed by atoms with Crippen molar-refractivity contribution in [1.82, 2.24) is 4.98 Å². The second-order valence-corrected chi connectivity index (χ2v) is 6.17. The van der Waals surface area contributed by atoms with Crippen molar-refractivity contribution in [2.24, 2.45) is 0 Å². The Morgan fingerprint density at radius 3 is 2.58 bits per heavy atom. The monoisotopic (exact) mass is 402 g/mol. The van der Waals surface area contributed by atoms with Crippen LogP contribution >= 0.6 is 23.2 Å². The first-order valence-corrected chi connectivity index (χ1v) is 8.26. The number of aromatic nitrogens is 1. The summed E-state index contributed by atoms with van der Waals surface area (Å²) in [4.78, 5) is 26.6. The summed E-state index contributed by atoms with van der Waals surface area (Å²) >= 11 is 11.9. The van der Waals surface area contributed by atoms with Crippen molar-refractivity contribution in [2.75, 3.05) is 12.0 Å². The molecule has 0 unspecified atom stereocenters. The van der Waals surface area contributed by atoms with Gasteiger partial charge in [-0.2, -0.15) is 0 Å². The smallest absolute Gasteiger partial charge is 0.356 e. The van der Waals surface area contributed by atoms with Crippen molar-refractivity contribution in [1.29, 1.82) is 0 Å². The van der Waals surface area contributed by atoms with Gasteiger partial charge in [-0.3, -0.25) is 9.18 Å². The van der Waals surface area contributed by atoms with Gasteiger partial charge in [0, 0.05) is 23.1 Å². The van der Waals surface area contributed by atoms with Gasteiger partial charge in [0.2, 0.25) is 5.91 Å².